The molecule has 4 N–H and O–H groups in total. The number of halogens is 1. The Morgan fingerprint density at radius 2 is 1.06 bits per heavy atom. The van der Waals surface area contributed by atoms with Crippen molar-refractivity contribution in [2.75, 3.05) is 11.5 Å². The average molecular weight is 257 g/mol. The van der Waals surface area contributed by atoms with Gasteiger partial charge in [0.25, 0.3) is 0 Å². The maximum Gasteiger partial charge on any atom is 1.00 e. The summed E-state index contributed by atoms with van der Waals surface area (Å²) < 4.78 is 0. The van der Waals surface area contributed by atoms with Gasteiger partial charge in [-0.25, -0.2) is 0 Å². The molecule has 0 bridgehead atoms. The first-order chi connectivity index (χ1) is 7.27. The van der Waals surface area contributed by atoms with Crippen LogP contribution in [0.5, 0.6) is 0 Å². The minimum Gasteiger partial charge on any atom is -1.00 e. The minimum atomic E-state index is 0. The number of anilines is 2. The minimum absolute atomic E-state index is 0. The summed E-state index contributed by atoms with van der Waals surface area (Å²) in [5.74, 6) is 0. The van der Waals surface area contributed by atoms with Gasteiger partial charge in [0.2, 0.25) is 0 Å². The van der Waals surface area contributed by atoms with Crippen LogP contribution in [0.2, 0.25) is 0 Å². The molecule has 17 heavy (non-hydrogen) atoms. The van der Waals surface area contributed by atoms with Crippen LogP contribution in [0.1, 0.15) is 11.1 Å². The van der Waals surface area contributed by atoms with Crippen molar-refractivity contribution in [3.63, 3.8) is 0 Å². The first-order valence-corrected chi connectivity index (χ1v) is 4.94. The van der Waals surface area contributed by atoms with Crippen LogP contribution in [0.25, 0.3) is 0 Å². The van der Waals surface area contributed by atoms with E-state index in [1.54, 1.807) is 0 Å². The summed E-state index contributed by atoms with van der Waals surface area (Å²) in [6.07, 6.45) is 0.791. The molecule has 0 saturated heterocycles. The second-order valence-electron chi connectivity index (χ2n) is 3.57. The molecule has 0 aliphatic rings. The molecule has 0 spiro atoms. The Hall–Kier alpha value is -0.670. The number of nitrogen functional groups attached to an aromatic ring is 2. The summed E-state index contributed by atoms with van der Waals surface area (Å²) in [5, 5.41) is 0. The average Bonchev–Trinajstić information content (AvgIpc) is 2.24. The third-order valence-electron chi connectivity index (χ3n) is 2.49. The van der Waals surface area contributed by atoms with Gasteiger partial charge in [-0.3, -0.25) is 0 Å². The molecule has 0 radical (unpaired) electrons. The van der Waals surface area contributed by atoms with Crippen molar-refractivity contribution < 1.29 is 42.0 Å². The van der Waals surface area contributed by atoms with E-state index in [0.29, 0.717) is 0 Å². The third kappa shape index (κ3) is 4.25. The van der Waals surface area contributed by atoms with Crippen LogP contribution in [0.15, 0.2) is 48.5 Å². The number of benzene rings is 2. The largest absolute Gasteiger partial charge is 1.00 e. The number of hydrogen-bond acceptors (Lipinski definition) is 2. The quantitative estimate of drug-likeness (QED) is 0.432. The molecule has 0 unspecified atom stereocenters. The van der Waals surface area contributed by atoms with Gasteiger partial charge in [-0.1, -0.05) is 36.4 Å². The standard InChI is InChI=1S/C13H14N2.ClH.Na/c14-12-7-3-1-5-10(12)9-11-6-2-4-8-13(11)15;;/h1-8H,9,14-15H2;1H;/q;;+1/p-1. The zero-order valence-corrected chi connectivity index (χ0v) is 12.6. The van der Waals surface area contributed by atoms with Crippen LogP contribution >= 0.6 is 0 Å². The van der Waals surface area contributed by atoms with E-state index in [9.17, 15) is 0 Å². The Balaban J connectivity index is 0.00000128. The predicted octanol–water partition coefficient (Wildman–Crippen LogP) is -3.55. The number of nitrogens with two attached hydrogens (primary N) is 2. The van der Waals surface area contributed by atoms with E-state index in [4.69, 9.17) is 11.5 Å². The topological polar surface area (TPSA) is 52.0 Å². The maximum absolute atomic E-state index is 5.88. The normalized spacial score (nSPS) is 8.94. The van der Waals surface area contributed by atoms with Crippen LogP contribution < -0.4 is 53.4 Å². The van der Waals surface area contributed by atoms with E-state index in [-0.39, 0.29) is 42.0 Å². The van der Waals surface area contributed by atoms with Crippen molar-refractivity contribution in [3.8, 4) is 0 Å². The van der Waals surface area contributed by atoms with Gasteiger partial charge in [0.15, 0.2) is 0 Å². The fourth-order valence-electron chi connectivity index (χ4n) is 1.60. The van der Waals surface area contributed by atoms with E-state index in [1.807, 2.05) is 48.5 Å². The Morgan fingerprint density at radius 3 is 1.41 bits per heavy atom. The first-order valence-electron chi connectivity index (χ1n) is 4.94. The Labute approximate surface area is 130 Å². The van der Waals surface area contributed by atoms with E-state index < -0.39 is 0 Å². The van der Waals surface area contributed by atoms with Crippen molar-refractivity contribution in [2.24, 2.45) is 0 Å². The molecule has 4 heteroatoms. The predicted molar refractivity (Wildman–Crippen MR) is 64.5 cm³/mol. The third-order valence-corrected chi connectivity index (χ3v) is 2.49. The van der Waals surface area contributed by atoms with Gasteiger partial charge in [-0.15, -0.1) is 0 Å². The molecule has 0 heterocycles. The van der Waals surface area contributed by atoms with Crippen molar-refractivity contribution in [2.45, 2.75) is 6.42 Å². The van der Waals surface area contributed by atoms with E-state index in [2.05, 4.69) is 0 Å². The van der Waals surface area contributed by atoms with Gasteiger partial charge in [-0.2, -0.15) is 0 Å². The summed E-state index contributed by atoms with van der Waals surface area (Å²) in [6, 6.07) is 15.7. The molecule has 84 valence electrons. The number of rotatable bonds is 2. The second kappa shape index (κ2) is 7.62. The van der Waals surface area contributed by atoms with Gasteiger partial charge in [-0.05, 0) is 23.3 Å². The molecular formula is C13H14ClN2Na. The summed E-state index contributed by atoms with van der Waals surface area (Å²) in [7, 11) is 0. The van der Waals surface area contributed by atoms with Crippen molar-refractivity contribution in [1.29, 1.82) is 0 Å². The molecule has 0 atom stereocenters. The molecule has 0 aromatic heterocycles. The molecule has 2 aromatic carbocycles. The molecule has 0 amide bonds. The van der Waals surface area contributed by atoms with E-state index >= 15 is 0 Å². The number of hydrogen-bond donors (Lipinski definition) is 2. The fraction of sp³-hybridized carbons (Fsp3) is 0.0769. The summed E-state index contributed by atoms with van der Waals surface area (Å²) >= 11 is 0. The van der Waals surface area contributed by atoms with Crippen molar-refractivity contribution in [3.05, 3.63) is 59.7 Å². The summed E-state index contributed by atoms with van der Waals surface area (Å²) in [6.45, 7) is 0. The number of para-hydroxylation sites is 2. The SMILES string of the molecule is Nc1ccccc1Cc1ccccc1N.[Cl-].[Na+]. The van der Waals surface area contributed by atoms with Gasteiger partial charge in [0, 0.05) is 17.8 Å². The zero-order chi connectivity index (χ0) is 10.7. The molecule has 0 aliphatic carbocycles. The van der Waals surface area contributed by atoms with Gasteiger partial charge in [0.05, 0.1) is 0 Å². The van der Waals surface area contributed by atoms with E-state index in [1.165, 1.54) is 0 Å². The van der Waals surface area contributed by atoms with Crippen LogP contribution in [-0.2, 0) is 6.42 Å². The molecule has 0 fully saturated rings. The molecule has 0 saturated carbocycles. The molecule has 2 rings (SSSR count). The maximum atomic E-state index is 5.88. The molecule has 2 nitrogen and oxygen atoms in total. The van der Waals surface area contributed by atoms with Gasteiger partial charge >= 0.3 is 29.6 Å². The fourth-order valence-corrected chi connectivity index (χ4v) is 1.60. The van der Waals surface area contributed by atoms with E-state index in [0.717, 1.165) is 28.9 Å². The Bertz CT molecular complexity index is 431. The summed E-state index contributed by atoms with van der Waals surface area (Å²) in [4.78, 5) is 0. The van der Waals surface area contributed by atoms with Crippen LogP contribution in [-0.4, -0.2) is 0 Å². The Kier molecular flexibility index (Phi) is 7.32. The second-order valence-corrected chi connectivity index (χ2v) is 3.57. The molecule has 0 aliphatic heterocycles. The molecule has 2 aromatic rings. The van der Waals surface area contributed by atoms with Crippen LogP contribution in [0.4, 0.5) is 11.4 Å². The van der Waals surface area contributed by atoms with Crippen molar-refractivity contribution in [1.82, 2.24) is 0 Å². The van der Waals surface area contributed by atoms with Gasteiger partial charge in [0.1, 0.15) is 0 Å². The van der Waals surface area contributed by atoms with Crippen molar-refractivity contribution >= 4 is 11.4 Å². The summed E-state index contributed by atoms with van der Waals surface area (Å²) in [5.41, 5.74) is 15.6. The monoisotopic (exact) mass is 256 g/mol. The zero-order valence-electron chi connectivity index (χ0n) is 9.86. The van der Waals surface area contributed by atoms with Gasteiger partial charge < -0.3 is 23.9 Å². The smallest absolute Gasteiger partial charge is 1.00 e. The van der Waals surface area contributed by atoms with Crippen LogP contribution in [0.3, 0.4) is 0 Å². The first kappa shape index (κ1) is 16.3. The van der Waals surface area contributed by atoms with Crippen LogP contribution in [0, 0.1) is 0 Å². The molecular weight excluding hydrogens is 243 g/mol. The Morgan fingerprint density at radius 1 is 0.706 bits per heavy atom.